The minimum Gasteiger partial charge on any atom is -0.420 e. The molecule has 196 valence electrons. The molecule has 7 nitrogen and oxygen atoms in total. The highest BCUT2D eigenvalue weighted by atomic mass is 32.2. The van der Waals surface area contributed by atoms with Gasteiger partial charge >= 0.3 is 5.97 Å². The van der Waals surface area contributed by atoms with Crippen molar-refractivity contribution in [3.8, 4) is 0 Å². The van der Waals surface area contributed by atoms with E-state index in [1.54, 1.807) is 35.7 Å². The highest BCUT2D eigenvalue weighted by Crippen LogP contribution is 2.41. The summed E-state index contributed by atoms with van der Waals surface area (Å²) in [7, 11) is 1.78. The Kier molecular flexibility index (Phi) is 8.41. The number of rotatable bonds is 6. The van der Waals surface area contributed by atoms with Crippen LogP contribution in [0.4, 0.5) is 5.82 Å². The van der Waals surface area contributed by atoms with E-state index in [-0.39, 0.29) is 11.5 Å². The highest BCUT2D eigenvalue weighted by molar-refractivity contribution is 7.97. The van der Waals surface area contributed by atoms with Crippen molar-refractivity contribution in [2.24, 2.45) is 0 Å². The first-order valence-corrected chi connectivity index (χ1v) is 13.9. The molecule has 3 aromatic rings. The zero-order chi connectivity index (χ0) is 26.3. The van der Waals surface area contributed by atoms with Crippen molar-refractivity contribution in [3.63, 3.8) is 0 Å². The molecule has 2 aromatic carbocycles. The predicted octanol–water partition coefficient (Wildman–Crippen LogP) is 5.96. The van der Waals surface area contributed by atoms with Gasteiger partial charge in [0.05, 0.1) is 5.56 Å². The minimum atomic E-state index is -0.504. The predicted molar refractivity (Wildman–Crippen MR) is 150 cm³/mol. The van der Waals surface area contributed by atoms with Crippen LogP contribution in [0.15, 0.2) is 83.5 Å². The maximum atomic E-state index is 13.3. The second kappa shape index (κ2) is 12.3. The van der Waals surface area contributed by atoms with Crippen molar-refractivity contribution in [1.29, 1.82) is 0 Å². The van der Waals surface area contributed by atoms with E-state index in [2.05, 4.69) is 15.2 Å². The number of ether oxygens (including phenoxy) is 1. The summed E-state index contributed by atoms with van der Waals surface area (Å²) in [5.74, 6) is -0.260. The number of benzene rings is 2. The first kappa shape index (κ1) is 26.0. The lowest BCUT2D eigenvalue weighted by molar-refractivity contribution is -0.113. The molecule has 1 saturated heterocycles. The third-order valence-corrected chi connectivity index (χ3v) is 7.77. The molecule has 2 aliphatic heterocycles. The van der Waals surface area contributed by atoms with E-state index < -0.39 is 11.9 Å². The molecule has 5 rings (SSSR count). The quantitative estimate of drug-likeness (QED) is 0.312. The van der Waals surface area contributed by atoms with Crippen LogP contribution in [-0.2, 0) is 16.1 Å². The monoisotopic (exact) mass is 528 g/mol. The molecule has 2 aliphatic rings. The maximum absolute atomic E-state index is 13.3. The fourth-order valence-electron chi connectivity index (χ4n) is 4.79. The molecule has 0 atom stereocenters. The van der Waals surface area contributed by atoms with E-state index in [0.29, 0.717) is 16.9 Å². The van der Waals surface area contributed by atoms with Crippen LogP contribution in [0, 0.1) is 0 Å². The van der Waals surface area contributed by atoms with Crippen LogP contribution >= 0.6 is 11.9 Å². The van der Waals surface area contributed by atoms with Crippen molar-refractivity contribution in [3.05, 3.63) is 95.3 Å². The van der Waals surface area contributed by atoms with Crippen molar-refractivity contribution in [1.82, 2.24) is 14.2 Å². The third-order valence-electron chi connectivity index (χ3n) is 6.76. The lowest BCUT2D eigenvalue weighted by Gasteiger charge is -2.29. The minimum absolute atomic E-state index is 0.227. The van der Waals surface area contributed by atoms with Crippen LogP contribution in [0.2, 0.25) is 0 Å². The standard InChI is InChI=1S/C30H32N4O3S/c1-33-27(29(35)32-26-13-7-8-18-31-26)28(24-11-5-6-12-25(24)38-33)37-30(36)23-16-14-22(15-17-23)21-34-19-9-3-2-4-10-20-34/h5-8,11-18H,2-4,9-10,19-21H2,1H3,(H,31,32,35). The molecule has 0 radical (unpaired) electrons. The molecule has 3 heterocycles. The molecule has 0 saturated carbocycles. The number of likely N-dealkylation sites (N-methyl/N-ethyl adjacent to an activating group) is 1. The molecule has 8 heteroatoms. The molecular weight excluding hydrogens is 496 g/mol. The number of hydrogen-bond acceptors (Lipinski definition) is 7. The summed E-state index contributed by atoms with van der Waals surface area (Å²) in [6.07, 6.45) is 8.03. The normalized spacial score (nSPS) is 16.3. The molecule has 0 bridgehead atoms. The van der Waals surface area contributed by atoms with E-state index in [1.165, 1.54) is 49.6 Å². The summed E-state index contributed by atoms with van der Waals surface area (Å²) in [4.78, 5) is 34.2. The topological polar surface area (TPSA) is 74.8 Å². The molecule has 0 spiro atoms. The molecule has 0 aliphatic carbocycles. The average Bonchev–Trinajstić information content (AvgIpc) is 2.91. The largest absolute Gasteiger partial charge is 0.420 e. The van der Waals surface area contributed by atoms with Gasteiger partial charge in [-0.05, 0) is 79.8 Å². The van der Waals surface area contributed by atoms with Gasteiger partial charge < -0.3 is 14.4 Å². The third kappa shape index (κ3) is 6.26. The van der Waals surface area contributed by atoms with Gasteiger partial charge in [-0.25, -0.2) is 9.78 Å². The molecule has 1 aromatic heterocycles. The number of amides is 1. The number of aromatic nitrogens is 1. The van der Waals surface area contributed by atoms with Crippen LogP contribution in [-0.4, -0.2) is 46.2 Å². The summed E-state index contributed by atoms with van der Waals surface area (Å²) in [6, 6.07) is 20.5. The van der Waals surface area contributed by atoms with Gasteiger partial charge in [0.1, 0.15) is 5.82 Å². The number of carbonyl (C=O) groups is 2. The number of esters is 1. The van der Waals surface area contributed by atoms with Gasteiger partial charge in [0.2, 0.25) is 0 Å². The van der Waals surface area contributed by atoms with Crippen LogP contribution in [0.5, 0.6) is 0 Å². The van der Waals surface area contributed by atoms with Crippen LogP contribution in [0.25, 0.3) is 5.76 Å². The first-order chi connectivity index (χ1) is 18.6. The number of carbonyl (C=O) groups excluding carboxylic acids is 2. The lowest BCUT2D eigenvalue weighted by Crippen LogP contribution is -2.29. The van der Waals surface area contributed by atoms with Gasteiger partial charge in [0.15, 0.2) is 11.5 Å². The summed E-state index contributed by atoms with van der Waals surface area (Å²) in [5.41, 5.74) is 2.57. The summed E-state index contributed by atoms with van der Waals surface area (Å²) in [5, 5.41) is 2.81. The zero-order valence-corrected chi connectivity index (χ0v) is 22.4. The van der Waals surface area contributed by atoms with E-state index in [9.17, 15) is 9.59 Å². The van der Waals surface area contributed by atoms with Crippen molar-refractivity contribution >= 4 is 35.4 Å². The Hall–Kier alpha value is -3.62. The average molecular weight is 529 g/mol. The van der Waals surface area contributed by atoms with E-state index >= 15 is 0 Å². The Morgan fingerprint density at radius 2 is 1.63 bits per heavy atom. The van der Waals surface area contributed by atoms with Crippen LogP contribution in [0.1, 0.15) is 53.6 Å². The smallest absolute Gasteiger partial charge is 0.343 e. The highest BCUT2D eigenvalue weighted by Gasteiger charge is 2.31. The molecule has 1 N–H and O–H groups in total. The molecule has 38 heavy (non-hydrogen) atoms. The van der Waals surface area contributed by atoms with E-state index in [1.807, 2.05) is 48.5 Å². The Bertz CT molecular complexity index is 1300. The van der Waals surface area contributed by atoms with Gasteiger partial charge in [0.25, 0.3) is 5.91 Å². The van der Waals surface area contributed by atoms with Gasteiger partial charge in [-0.2, -0.15) is 0 Å². The Balaban J connectivity index is 1.36. The molecule has 0 unspecified atom stereocenters. The fourth-order valence-corrected chi connectivity index (χ4v) is 5.74. The molecule has 1 amide bonds. The van der Waals surface area contributed by atoms with Gasteiger partial charge in [-0.3, -0.25) is 9.69 Å². The van der Waals surface area contributed by atoms with Crippen LogP contribution < -0.4 is 5.32 Å². The molecule has 1 fully saturated rings. The van der Waals surface area contributed by atoms with Crippen LogP contribution in [0.3, 0.4) is 0 Å². The SMILES string of the molecule is CN1Sc2ccccc2C(OC(=O)c2ccc(CN3CCCCCCC3)cc2)=C1C(=O)Nc1ccccn1. The Morgan fingerprint density at radius 1 is 0.921 bits per heavy atom. The number of nitrogens with one attached hydrogen (secondary N) is 1. The summed E-state index contributed by atoms with van der Waals surface area (Å²) < 4.78 is 7.68. The fraction of sp³-hybridized carbons (Fsp3) is 0.300. The van der Waals surface area contributed by atoms with Gasteiger partial charge in [-0.1, -0.05) is 49.6 Å². The maximum Gasteiger partial charge on any atom is 0.343 e. The molecular formula is C30H32N4O3S. The van der Waals surface area contributed by atoms with Crippen molar-refractivity contribution in [2.75, 3.05) is 25.5 Å². The number of nitrogens with zero attached hydrogens (tertiary/aromatic N) is 3. The second-order valence-electron chi connectivity index (χ2n) is 9.56. The van der Waals surface area contributed by atoms with E-state index in [0.717, 1.165) is 24.5 Å². The van der Waals surface area contributed by atoms with Gasteiger partial charge in [-0.15, -0.1) is 0 Å². The summed E-state index contributed by atoms with van der Waals surface area (Å²) in [6.45, 7) is 3.12. The van der Waals surface area contributed by atoms with E-state index in [4.69, 9.17) is 4.74 Å². The Morgan fingerprint density at radius 3 is 2.37 bits per heavy atom. The van der Waals surface area contributed by atoms with Crippen molar-refractivity contribution in [2.45, 2.75) is 43.5 Å². The number of pyridine rings is 1. The zero-order valence-electron chi connectivity index (χ0n) is 21.6. The lowest BCUT2D eigenvalue weighted by atomic mass is 10.1. The number of hydrogen-bond donors (Lipinski definition) is 1. The van der Waals surface area contributed by atoms with Gasteiger partial charge in [0, 0.05) is 30.2 Å². The number of anilines is 1. The Labute approximate surface area is 228 Å². The summed E-state index contributed by atoms with van der Waals surface area (Å²) >= 11 is 1.40. The number of fused-ring (bicyclic) bond motifs is 1. The van der Waals surface area contributed by atoms with Crippen molar-refractivity contribution < 1.29 is 14.3 Å². The number of likely N-dealkylation sites (tertiary alicyclic amines) is 1. The second-order valence-corrected chi connectivity index (χ2v) is 10.7. The first-order valence-electron chi connectivity index (χ1n) is 13.1.